The average molecular weight is 491 g/mol. The highest BCUT2D eigenvalue weighted by atomic mass is 32.1. The zero-order valence-corrected chi connectivity index (χ0v) is 20.1. The molecule has 3 aromatic rings. The number of carboxylic acids is 1. The first-order chi connectivity index (χ1) is 16.9. The van der Waals surface area contributed by atoms with Crippen molar-refractivity contribution in [3.63, 3.8) is 0 Å². The largest absolute Gasteiger partial charge is 0.480 e. The summed E-state index contributed by atoms with van der Waals surface area (Å²) in [5.41, 5.74) is 3.16. The molecule has 2 unspecified atom stereocenters. The number of alkyl carbamates (subject to hydrolysis) is 1. The van der Waals surface area contributed by atoms with E-state index in [2.05, 4.69) is 17.4 Å². The van der Waals surface area contributed by atoms with Gasteiger partial charge in [0.2, 0.25) is 0 Å². The molecule has 180 valence electrons. The van der Waals surface area contributed by atoms with Gasteiger partial charge >= 0.3 is 12.1 Å². The lowest BCUT2D eigenvalue weighted by Gasteiger charge is -2.33. The van der Waals surface area contributed by atoms with Crippen molar-refractivity contribution in [1.82, 2.24) is 10.2 Å². The maximum absolute atomic E-state index is 13.5. The molecule has 7 nitrogen and oxygen atoms in total. The lowest BCUT2D eigenvalue weighted by atomic mass is 9.98. The minimum absolute atomic E-state index is 0.0991. The van der Waals surface area contributed by atoms with Crippen molar-refractivity contribution in [3.05, 3.63) is 82.0 Å². The number of likely N-dealkylation sites (tertiary alicyclic amines) is 1. The minimum atomic E-state index is -1.30. The first-order valence-corrected chi connectivity index (χ1v) is 12.5. The van der Waals surface area contributed by atoms with E-state index in [0.717, 1.165) is 22.3 Å². The van der Waals surface area contributed by atoms with E-state index in [4.69, 9.17) is 4.74 Å². The van der Waals surface area contributed by atoms with Crippen LogP contribution >= 0.6 is 11.3 Å². The summed E-state index contributed by atoms with van der Waals surface area (Å²) >= 11 is 1.33. The molecule has 0 saturated carbocycles. The molecule has 2 atom stereocenters. The van der Waals surface area contributed by atoms with E-state index in [9.17, 15) is 19.5 Å². The third-order valence-corrected chi connectivity index (χ3v) is 7.99. The number of aliphatic carboxylic acids is 1. The zero-order valence-electron chi connectivity index (χ0n) is 19.3. The molecule has 8 heteroatoms. The number of carbonyl (C=O) groups excluding carboxylic acids is 2. The Balaban J connectivity index is 1.33. The number of carboxylic acid groups (broad SMARTS) is 1. The standard InChI is InChI=1S/C27H26N2O5S/c1-27(25(31)32)13-7-14-29(27)24(30)23(22-12-6-15-35-22)28-26(33)34-16-21-19-10-4-2-8-17(19)18-9-3-5-11-20(18)21/h2-6,8-12,15,21,23H,7,13-14,16H2,1H3,(H,28,33)(H,31,32). The van der Waals surface area contributed by atoms with Crippen LogP contribution in [0.25, 0.3) is 11.1 Å². The van der Waals surface area contributed by atoms with Crippen LogP contribution < -0.4 is 5.32 Å². The predicted octanol–water partition coefficient (Wildman–Crippen LogP) is 4.79. The summed E-state index contributed by atoms with van der Waals surface area (Å²) in [6.07, 6.45) is 0.252. The number of hydrogen-bond acceptors (Lipinski definition) is 5. The van der Waals surface area contributed by atoms with E-state index in [1.54, 1.807) is 19.1 Å². The fourth-order valence-electron chi connectivity index (χ4n) is 5.16. The number of ether oxygens (including phenoxy) is 1. The Morgan fingerprint density at radius 1 is 1.09 bits per heavy atom. The maximum Gasteiger partial charge on any atom is 0.408 e. The molecule has 1 aliphatic carbocycles. The van der Waals surface area contributed by atoms with Crippen LogP contribution in [0.3, 0.4) is 0 Å². The molecule has 2 aliphatic rings. The highest BCUT2D eigenvalue weighted by Crippen LogP contribution is 2.44. The van der Waals surface area contributed by atoms with Gasteiger partial charge in [-0.25, -0.2) is 9.59 Å². The Morgan fingerprint density at radius 3 is 2.34 bits per heavy atom. The van der Waals surface area contributed by atoms with Crippen molar-refractivity contribution in [3.8, 4) is 11.1 Å². The summed E-state index contributed by atoms with van der Waals surface area (Å²) in [6, 6.07) is 18.7. The van der Waals surface area contributed by atoms with Crippen molar-refractivity contribution in [2.45, 2.75) is 37.3 Å². The molecule has 2 heterocycles. The Kier molecular flexibility index (Phi) is 6.06. The molecular formula is C27H26N2O5S. The minimum Gasteiger partial charge on any atom is -0.480 e. The molecule has 0 radical (unpaired) electrons. The van der Waals surface area contributed by atoms with Crippen LogP contribution in [0.1, 0.15) is 47.7 Å². The molecule has 0 bridgehead atoms. The van der Waals surface area contributed by atoms with Gasteiger partial charge in [0.1, 0.15) is 18.2 Å². The van der Waals surface area contributed by atoms with Crippen molar-refractivity contribution in [2.75, 3.05) is 13.2 Å². The second kappa shape index (κ2) is 9.19. The quantitative estimate of drug-likeness (QED) is 0.518. The van der Waals surface area contributed by atoms with Crippen LogP contribution in [0.2, 0.25) is 0 Å². The molecule has 1 saturated heterocycles. The zero-order chi connectivity index (χ0) is 24.6. The third kappa shape index (κ3) is 4.08. The molecule has 35 heavy (non-hydrogen) atoms. The molecule has 1 fully saturated rings. The summed E-state index contributed by atoms with van der Waals surface area (Å²) in [7, 11) is 0. The van der Waals surface area contributed by atoms with Crippen LogP contribution in [-0.2, 0) is 14.3 Å². The fraction of sp³-hybridized carbons (Fsp3) is 0.296. The van der Waals surface area contributed by atoms with Crippen LogP contribution in [0, 0.1) is 0 Å². The lowest BCUT2D eigenvalue weighted by Crippen LogP contribution is -2.54. The number of thiophene rings is 1. The maximum atomic E-state index is 13.5. The van der Waals surface area contributed by atoms with Gasteiger partial charge in [0.25, 0.3) is 5.91 Å². The summed E-state index contributed by atoms with van der Waals surface area (Å²) in [6.45, 7) is 2.01. The normalized spacial score (nSPS) is 19.6. The number of hydrogen-bond donors (Lipinski definition) is 2. The van der Waals surface area contributed by atoms with Crippen molar-refractivity contribution in [1.29, 1.82) is 0 Å². The second-order valence-electron chi connectivity index (χ2n) is 9.09. The van der Waals surface area contributed by atoms with E-state index in [1.165, 1.54) is 16.2 Å². The smallest absolute Gasteiger partial charge is 0.408 e. The molecule has 1 aliphatic heterocycles. The lowest BCUT2D eigenvalue weighted by molar-refractivity contribution is -0.156. The SMILES string of the molecule is CC1(C(=O)O)CCCN1C(=O)C(NC(=O)OCC1c2ccccc2-c2ccccc21)c1cccs1. The molecule has 2 aromatic carbocycles. The highest BCUT2D eigenvalue weighted by Gasteiger charge is 2.48. The van der Waals surface area contributed by atoms with Crippen molar-refractivity contribution in [2.24, 2.45) is 0 Å². The van der Waals surface area contributed by atoms with Crippen LogP contribution in [-0.4, -0.2) is 46.7 Å². The second-order valence-corrected chi connectivity index (χ2v) is 10.1. The Labute approximate surface area is 207 Å². The number of amides is 2. The van der Waals surface area contributed by atoms with Gasteiger partial charge in [0.05, 0.1) is 0 Å². The summed E-state index contributed by atoms with van der Waals surface area (Å²) in [5, 5.41) is 14.3. The first-order valence-electron chi connectivity index (χ1n) is 11.6. The molecule has 2 amide bonds. The topological polar surface area (TPSA) is 95.9 Å². The molecule has 5 rings (SSSR count). The molecule has 1 aromatic heterocycles. The van der Waals surface area contributed by atoms with E-state index in [1.807, 2.05) is 41.8 Å². The van der Waals surface area contributed by atoms with Gasteiger partial charge in [-0.2, -0.15) is 0 Å². The number of fused-ring (bicyclic) bond motifs is 3. The monoisotopic (exact) mass is 490 g/mol. The van der Waals surface area contributed by atoms with Gasteiger partial charge < -0.3 is 20.1 Å². The Bertz CT molecular complexity index is 1230. The number of nitrogens with zero attached hydrogens (tertiary/aromatic N) is 1. The van der Waals surface area contributed by atoms with Crippen LogP contribution in [0.15, 0.2) is 66.0 Å². The van der Waals surface area contributed by atoms with E-state index in [-0.39, 0.29) is 12.5 Å². The van der Waals surface area contributed by atoms with Crippen molar-refractivity contribution < 1.29 is 24.2 Å². The van der Waals surface area contributed by atoms with Gasteiger partial charge in [-0.3, -0.25) is 4.79 Å². The third-order valence-electron chi connectivity index (χ3n) is 7.05. The summed E-state index contributed by atoms with van der Waals surface area (Å²) in [4.78, 5) is 40.3. The number of benzene rings is 2. The van der Waals surface area contributed by atoms with Gasteiger partial charge in [0, 0.05) is 17.3 Å². The van der Waals surface area contributed by atoms with Gasteiger partial charge in [0.15, 0.2) is 0 Å². The summed E-state index contributed by atoms with van der Waals surface area (Å²) < 4.78 is 5.65. The van der Waals surface area contributed by atoms with Crippen LogP contribution in [0.4, 0.5) is 4.79 Å². The number of rotatable bonds is 6. The van der Waals surface area contributed by atoms with Gasteiger partial charge in [-0.1, -0.05) is 54.6 Å². The van der Waals surface area contributed by atoms with E-state index < -0.39 is 29.6 Å². The Hall–Kier alpha value is -3.65. The number of nitrogens with one attached hydrogen (secondary N) is 1. The van der Waals surface area contributed by atoms with Gasteiger partial charge in [-0.05, 0) is 53.5 Å². The average Bonchev–Trinajstić information content (AvgIpc) is 3.59. The van der Waals surface area contributed by atoms with Gasteiger partial charge in [-0.15, -0.1) is 11.3 Å². The molecule has 0 spiro atoms. The summed E-state index contributed by atoms with van der Waals surface area (Å²) in [5.74, 6) is -1.59. The molecular weight excluding hydrogens is 464 g/mol. The first kappa shape index (κ1) is 23.1. The number of carbonyl (C=O) groups is 3. The molecule has 2 N–H and O–H groups in total. The van der Waals surface area contributed by atoms with Crippen molar-refractivity contribution >= 4 is 29.3 Å². The fourth-order valence-corrected chi connectivity index (χ4v) is 5.93. The van der Waals surface area contributed by atoms with E-state index in [0.29, 0.717) is 24.3 Å². The van der Waals surface area contributed by atoms with Crippen LogP contribution in [0.5, 0.6) is 0 Å². The Morgan fingerprint density at radius 2 is 1.74 bits per heavy atom. The van der Waals surface area contributed by atoms with E-state index >= 15 is 0 Å². The highest BCUT2D eigenvalue weighted by molar-refractivity contribution is 7.10. The predicted molar refractivity (Wildman–Crippen MR) is 132 cm³/mol.